The average molecular weight is 355 g/mol. The number of methoxy groups -OCH3 is 1. The Morgan fingerprint density at radius 3 is 2.68 bits per heavy atom. The summed E-state index contributed by atoms with van der Waals surface area (Å²) in [6.45, 7) is 0.685. The van der Waals surface area contributed by atoms with Crippen molar-refractivity contribution in [2.75, 3.05) is 19.0 Å². The van der Waals surface area contributed by atoms with E-state index in [1.807, 2.05) is 36.4 Å². The van der Waals surface area contributed by atoms with Gasteiger partial charge in [0, 0.05) is 6.54 Å². The van der Waals surface area contributed by atoms with Gasteiger partial charge in [-0.2, -0.15) is 0 Å². The van der Waals surface area contributed by atoms with Crippen LogP contribution in [0.3, 0.4) is 0 Å². The van der Waals surface area contributed by atoms with Gasteiger partial charge in [-0.25, -0.2) is 0 Å². The lowest BCUT2D eigenvalue weighted by Crippen LogP contribution is -2.30. The summed E-state index contributed by atoms with van der Waals surface area (Å²) in [5.41, 5.74) is 1.81. The number of nitrogens with one attached hydrogen (secondary N) is 2. The van der Waals surface area contributed by atoms with Crippen molar-refractivity contribution in [1.29, 1.82) is 0 Å². The van der Waals surface area contributed by atoms with Gasteiger partial charge in [-0.3, -0.25) is 0 Å². The van der Waals surface area contributed by atoms with Crippen LogP contribution in [0.1, 0.15) is 5.56 Å². The highest BCUT2D eigenvalue weighted by Crippen LogP contribution is 2.29. The summed E-state index contributed by atoms with van der Waals surface area (Å²) >= 11 is 17.3. The maximum Gasteiger partial charge on any atom is 0.170 e. The predicted octanol–water partition coefficient (Wildman–Crippen LogP) is 4.53. The van der Waals surface area contributed by atoms with Crippen LogP contribution >= 0.6 is 35.4 Å². The van der Waals surface area contributed by atoms with Crippen molar-refractivity contribution in [2.45, 2.75) is 6.42 Å². The quantitative estimate of drug-likeness (QED) is 0.772. The molecule has 2 N–H and O–H groups in total. The van der Waals surface area contributed by atoms with E-state index in [4.69, 9.17) is 40.2 Å². The van der Waals surface area contributed by atoms with Crippen LogP contribution in [-0.4, -0.2) is 18.8 Å². The summed E-state index contributed by atoms with van der Waals surface area (Å²) in [5.74, 6) is 0.876. The van der Waals surface area contributed by atoms with E-state index in [0.29, 0.717) is 27.4 Å². The van der Waals surface area contributed by atoms with Crippen LogP contribution in [0.4, 0.5) is 5.69 Å². The summed E-state index contributed by atoms with van der Waals surface area (Å²) in [7, 11) is 1.67. The van der Waals surface area contributed by atoms with Crippen molar-refractivity contribution in [3.05, 3.63) is 58.1 Å². The molecule has 0 aromatic heterocycles. The zero-order chi connectivity index (χ0) is 15.9. The van der Waals surface area contributed by atoms with Crippen LogP contribution in [0.15, 0.2) is 42.5 Å². The zero-order valence-electron chi connectivity index (χ0n) is 12.0. The Morgan fingerprint density at radius 1 is 1.14 bits per heavy atom. The fraction of sp³-hybridized carbons (Fsp3) is 0.188. The second-order valence-electron chi connectivity index (χ2n) is 4.54. The number of hydrogen-bond donors (Lipinski definition) is 2. The Labute approximate surface area is 145 Å². The first-order chi connectivity index (χ1) is 10.6. The molecule has 0 aliphatic heterocycles. The lowest BCUT2D eigenvalue weighted by Gasteiger charge is -2.13. The highest BCUT2D eigenvalue weighted by Gasteiger charge is 2.06. The van der Waals surface area contributed by atoms with Gasteiger partial charge in [0.1, 0.15) is 5.75 Å². The molecule has 0 aliphatic rings. The van der Waals surface area contributed by atoms with Crippen molar-refractivity contribution in [2.24, 2.45) is 0 Å². The van der Waals surface area contributed by atoms with Crippen molar-refractivity contribution >= 4 is 46.2 Å². The maximum atomic E-state index is 6.11. The smallest absolute Gasteiger partial charge is 0.170 e. The molecule has 3 nitrogen and oxygen atoms in total. The monoisotopic (exact) mass is 354 g/mol. The van der Waals surface area contributed by atoms with Gasteiger partial charge < -0.3 is 15.4 Å². The molecule has 0 radical (unpaired) electrons. The van der Waals surface area contributed by atoms with Crippen molar-refractivity contribution in [1.82, 2.24) is 5.32 Å². The highest BCUT2D eigenvalue weighted by atomic mass is 35.5. The molecular weight excluding hydrogens is 339 g/mol. The topological polar surface area (TPSA) is 33.3 Å². The molecule has 0 aliphatic carbocycles. The fourth-order valence-corrected chi connectivity index (χ4v) is 2.55. The molecule has 0 amide bonds. The summed E-state index contributed by atoms with van der Waals surface area (Å²) in [5, 5.41) is 7.62. The lowest BCUT2D eigenvalue weighted by molar-refractivity contribution is 0.409. The third kappa shape index (κ3) is 4.50. The van der Waals surface area contributed by atoms with Gasteiger partial charge in [0.15, 0.2) is 5.11 Å². The third-order valence-electron chi connectivity index (χ3n) is 3.07. The van der Waals surface area contributed by atoms with Gasteiger partial charge in [-0.15, -0.1) is 0 Å². The first-order valence-electron chi connectivity index (χ1n) is 6.72. The van der Waals surface area contributed by atoms with Crippen molar-refractivity contribution in [3.63, 3.8) is 0 Å². The number of ether oxygens (including phenoxy) is 1. The second kappa shape index (κ2) is 8.22. The Balaban J connectivity index is 1.87. The van der Waals surface area contributed by atoms with Crippen LogP contribution in [0, 0.1) is 0 Å². The number of para-hydroxylation sites is 1. The van der Waals surface area contributed by atoms with E-state index in [1.165, 1.54) is 0 Å². The van der Waals surface area contributed by atoms with E-state index in [-0.39, 0.29) is 0 Å². The zero-order valence-corrected chi connectivity index (χ0v) is 14.4. The van der Waals surface area contributed by atoms with Crippen LogP contribution in [-0.2, 0) is 6.42 Å². The van der Waals surface area contributed by atoms with E-state index in [1.54, 1.807) is 13.2 Å². The molecular formula is C16H16Cl2N2OS. The number of hydrogen-bond acceptors (Lipinski definition) is 2. The van der Waals surface area contributed by atoms with Gasteiger partial charge in [0.05, 0.1) is 22.8 Å². The highest BCUT2D eigenvalue weighted by molar-refractivity contribution is 7.80. The normalized spacial score (nSPS) is 10.1. The minimum atomic E-state index is 0.457. The van der Waals surface area contributed by atoms with Gasteiger partial charge >= 0.3 is 0 Å². The van der Waals surface area contributed by atoms with Crippen LogP contribution in [0.25, 0.3) is 0 Å². The number of benzene rings is 2. The average Bonchev–Trinajstić information content (AvgIpc) is 2.52. The first kappa shape index (κ1) is 16.9. The second-order valence-corrected chi connectivity index (χ2v) is 5.74. The molecule has 116 valence electrons. The van der Waals surface area contributed by atoms with Gasteiger partial charge in [-0.05, 0) is 42.4 Å². The standard InChI is InChI=1S/C16H16Cl2N2OS/c1-21-14-8-3-2-5-11(14)9-10-19-16(22)20-13-7-4-6-12(17)15(13)18/h2-8H,9-10H2,1H3,(H2,19,20,22). The Kier molecular flexibility index (Phi) is 6.31. The molecule has 0 unspecified atom stereocenters. The largest absolute Gasteiger partial charge is 0.496 e. The van der Waals surface area contributed by atoms with E-state index in [2.05, 4.69) is 10.6 Å². The summed E-state index contributed by atoms with van der Waals surface area (Å²) in [6, 6.07) is 13.3. The fourth-order valence-electron chi connectivity index (χ4n) is 1.99. The van der Waals surface area contributed by atoms with E-state index in [0.717, 1.165) is 17.7 Å². The number of rotatable bonds is 5. The van der Waals surface area contributed by atoms with E-state index in [9.17, 15) is 0 Å². The van der Waals surface area contributed by atoms with Crippen molar-refractivity contribution in [3.8, 4) is 5.75 Å². The minimum absolute atomic E-state index is 0.457. The van der Waals surface area contributed by atoms with Crippen LogP contribution in [0.2, 0.25) is 10.0 Å². The Hall–Kier alpha value is -1.49. The van der Waals surface area contributed by atoms with Crippen molar-refractivity contribution < 1.29 is 4.74 Å². The summed E-state index contributed by atoms with van der Waals surface area (Å²) < 4.78 is 5.32. The van der Waals surface area contributed by atoms with Gasteiger partial charge in [0.25, 0.3) is 0 Å². The number of anilines is 1. The molecule has 2 aromatic carbocycles. The Morgan fingerprint density at radius 2 is 1.91 bits per heavy atom. The van der Waals surface area contributed by atoms with E-state index < -0.39 is 0 Å². The Bertz CT molecular complexity index is 664. The minimum Gasteiger partial charge on any atom is -0.496 e. The van der Waals surface area contributed by atoms with Crippen LogP contribution < -0.4 is 15.4 Å². The van der Waals surface area contributed by atoms with Gasteiger partial charge in [0.2, 0.25) is 0 Å². The van der Waals surface area contributed by atoms with E-state index >= 15 is 0 Å². The molecule has 0 spiro atoms. The molecule has 0 saturated heterocycles. The molecule has 0 bridgehead atoms. The molecule has 2 aromatic rings. The first-order valence-corrected chi connectivity index (χ1v) is 7.89. The number of halogens is 2. The lowest BCUT2D eigenvalue weighted by atomic mass is 10.1. The van der Waals surface area contributed by atoms with Gasteiger partial charge in [-0.1, -0.05) is 47.5 Å². The number of thiocarbonyl (C=S) groups is 1. The summed E-state index contributed by atoms with van der Waals surface area (Å²) in [6.07, 6.45) is 0.801. The molecule has 22 heavy (non-hydrogen) atoms. The SMILES string of the molecule is COc1ccccc1CCNC(=S)Nc1cccc(Cl)c1Cl. The molecule has 6 heteroatoms. The molecule has 0 atom stereocenters. The molecule has 0 saturated carbocycles. The predicted molar refractivity (Wildman–Crippen MR) is 97.4 cm³/mol. The maximum absolute atomic E-state index is 6.11. The molecule has 0 heterocycles. The molecule has 0 fully saturated rings. The third-order valence-corrected chi connectivity index (χ3v) is 4.14. The van der Waals surface area contributed by atoms with Crippen LogP contribution in [0.5, 0.6) is 5.75 Å². The summed E-state index contributed by atoms with van der Waals surface area (Å²) in [4.78, 5) is 0. The molecule has 2 rings (SSSR count).